The number of aliphatic hydroxyl groups excluding tert-OH is 1. The fraction of sp³-hybridized carbons (Fsp3) is 0.333. The topological polar surface area (TPSA) is 20.2 Å². The molecule has 1 heterocycles. The fourth-order valence-corrected chi connectivity index (χ4v) is 2.01. The smallest absolute Gasteiger partial charge is 0.0932 e. The van der Waals surface area contributed by atoms with Crippen LogP contribution in [0.15, 0.2) is 24.8 Å². The van der Waals surface area contributed by atoms with E-state index in [9.17, 15) is 5.11 Å². The highest BCUT2D eigenvalue weighted by molar-refractivity contribution is 7.16. The molecule has 0 radical (unpaired) electrons. The Hall–Kier alpha value is -0.310. The van der Waals surface area contributed by atoms with E-state index >= 15 is 0 Å². The number of aliphatic hydroxyl groups is 1. The van der Waals surface area contributed by atoms with Gasteiger partial charge in [-0.05, 0) is 25.0 Å². The van der Waals surface area contributed by atoms with Gasteiger partial charge in [-0.25, -0.2) is 0 Å². The normalized spacial score (nSPS) is 12.8. The molecule has 66 valence electrons. The second kappa shape index (κ2) is 4.65. The monoisotopic (exact) mass is 202 g/mol. The molecule has 1 N–H and O–H groups in total. The predicted molar refractivity (Wildman–Crippen MR) is 53.7 cm³/mol. The summed E-state index contributed by atoms with van der Waals surface area (Å²) >= 11 is 7.15. The molecule has 12 heavy (non-hydrogen) atoms. The van der Waals surface area contributed by atoms with Gasteiger partial charge >= 0.3 is 0 Å². The molecule has 1 atom stereocenters. The zero-order valence-corrected chi connectivity index (χ0v) is 8.24. The van der Waals surface area contributed by atoms with E-state index in [1.54, 1.807) is 12.1 Å². The van der Waals surface area contributed by atoms with Crippen molar-refractivity contribution in [1.82, 2.24) is 0 Å². The molecular formula is C9H11ClOS. The van der Waals surface area contributed by atoms with E-state index in [-0.39, 0.29) is 6.10 Å². The molecule has 0 saturated carbocycles. The number of thiophene rings is 1. The van der Waals surface area contributed by atoms with Gasteiger partial charge in [0.1, 0.15) is 0 Å². The van der Waals surface area contributed by atoms with Crippen LogP contribution in [-0.2, 0) is 0 Å². The van der Waals surface area contributed by atoms with Crippen LogP contribution in [0.3, 0.4) is 0 Å². The maximum atomic E-state index is 9.57. The molecule has 0 aliphatic rings. The first-order valence-electron chi connectivity index (χ1n) is 3.78. The van der Waals surface area contributed by atoms with Crippen LogP contribution in [0.5, 0.6) is 0 Å². The minimum Gasteiger partial charge on any atom is -0.388 e. The third kappa shape index (κ3) is 2.63. The summed E-state index contributed by atoms with van der Waals surface area (Å²) in [6.45, 7) is 3.60. The van der Waals surface area contributed by atoms with Crippen molar-refractivity contribution >= 4 is 22.9 Å². The van der Waals surface area contributed by atoms with Gasteiger partial charge in [0.05, 0.1) is 10.4 Å². The predicted octanol–water partition coefficient (Wildman–Crippen LogP) is 3.40. The first kappa shape index (κ1) is 9.78. The Kier molecular flexibility index (Phi) is 3.79. The number of rotatable bonds is 4. The lowest BCUT2D eigenvalue weighted by Crippen LogP contribution is -1.92. The Bertz CT molecular complexity index is 257. The van der Waals surface area contributed by atoms with Crippen molar-refractivity contribution in [3.8, 4) is 0 Å². The Labute approximate surface area is 81.3 Å². The molecule has 1 rings (SSSR count). The molecule has 0 aromatic carbocycles. The van der Waals surface area contributed by atoms with Gasteiger partial charge in [-0.2, -0.15) is 0 Å². The zero-order chi connectivity index (χ0) is 8.97. The Morgan fingerprint density at radius 1 is 1.67 bits per heavy atom. The van der Waals surface area contributed by atoms with E-state index in [2.05, 4.69) is 6.58 Å². The maximum Gasteiger partial charge on any atom is 0.0932 e. The average molecular weight is 203 g/mol. The van der Waals surface area contributed by atoms with E-state index in [4.69, 9.17) is 11.6 Å². The van der Waals surface area contributed by atoms with Crippen LogP contribution in [0, 0.1) is 0 Å². The molecule has 1 aromatic heterocycles. The standard InChI is InChI=1S/C9H11ClOS/c1-2-3-4-7(11)8-5-6-9(10)12-8/h2,5-7,11H,1,3-4H2. The van der Waals surface area contributed by atoms with Crippen molar-refractivity contribution in [1.29, 1.82) is 0 Å². The van der Waals surface area contributed by atoms with Crippen LogP contribution in [0.25, 0.3) is 0 Å². The largest absolute Gasteiger partial charge is 0.388 e. The van der Waals surface area contributed by atoms with E-state index in [1.165, 1.54) is 11.3 Å². The van der Waals surface area contributed by atoms with Crippen LogP contribution in [-0.4, -0.2) is 5.11 Å². The molecule has 0 bridgehead atoms. The Morgan fingerprint density at radius 3 is 2.92 bits per heavy atom. The molecular weight excluding hydrogens is 192 g/mol. The number of allylic oxidation sites excluding steroid dienone is 1. The molecule has 0 aliphatic carbocycles. The quantitative estimate of drug-likeness (QED) is 0.743. The van der Waals surface area contributed by atoms with Crippen molar-refractivity contribution in [3.63, 3.8) is 0 Å². The van der Waals surface area contributed by atoms with Gasteiger partial charge in [-0.1, -0.05) is 17.7 Å². The zero-order valence-electron chi connectivity index (χ0n) is 6.66. The maximum absolute atomic E-state index is 9.57. The number of hydrogen-bond acceptors (Lipinski definition) is 2. The second-order valence-electron chi connectivity index (χ2n) is 2.52. The van der Waals surface area contributed by atoms with E-state index in [1.807, 2.05) is 6.07 Å². The summed E-state index contributed by atoms with van der Waals surface area (Å²) < 4.78 is 0.725. The summed E-state index contributed by atoms with van der Waals surface area (Å²) in [5.41, 5.74) is 0. The molecule has 0 aliphatic heterocycles. The van der Waals surface area contributed by atoms with Gasteiger partial charge in [0.25, 0.3) is 0 Å². The summed E-state index contributed by atoms with van der Waals surface area (Å²) in [5.74, 6) is 0. The average Bonchev–Trinajstić information content (AvgIpc) is 2.47. The van der Waals surface area contributed by atoms with E-state index in [0.717, 1.165) is 22.1 Å². The lowest BCUT2D eigenvalue weighted by Gasteiger charge is -2.04. The minimum atomic E-state index is -0.388. The summed E-state index contributed by atoms with van der Waals surface area (Å²) in [6.07, 6.45) is 2.97. The summed E-state index contributed by atoms with van der Waals surface area (Å²) in [6, 6.07) is 3.67. The highest BCUT2D eigenvalue weighted by atomic mass is 35.5. The molecule has 3 heteroatoms. The van der Waals surface area contributed by atoms with Gasteiger partial charge in [0.15, 0.2) is 0 Å². The number of hydrogen-bond donors (Lipinski definition) is 1. The van der Waals surface area contributed by atoms with E-state index < -0.39 is 0 Å². The third-order valence-electron chi connectivity index (χ3n) is 1.57. The highest BCUT2D eigenvalue weighted by Crippen LogP contribution is 2.29. The van der Waals surface area contributed by atoms with Gasteiger partial charge in [0, 0.05) is 4.88 Å². The Balaban J connectivity index is 2.52. The van der Waals surface area contributed by atoms with Crippen LogP contribution < -0.4 is 0 Å². The van der Waals surface area contributed by atoms with Crippen molar-refractivity contribution in [2.45, 2.75) is 18.9 Å². The van der Waals surface area contributed by atoms with Gasteiger partial charge in [-0.15, -0.1) is 17.9 Å². The van der Waals surface area contributed by atoms with Gasteiger partial charge < -0.3 is 5.11 Å². The molecule has 1 aromatic rings. The lowest BCUT2D eigenvalue weighted by molar-refractivity contribution is 0.172. The third-order valence-corrected chi connectivity index (χ3v) is 2.90. The first-order valence-corrected chi connectivity index (χ1v) is 4.97. The lowest BCUT2D eigenvalue weighted by atomic mass is 10.2. The summed E-state index contributed by atoms with van der Waals surface area (Å²) in [5, 5.41) is 9.57. The minimum absolute atomic E-state index is 0.388. The van der Waals surface area contributed by atoms with Crippen molar-refractivity contribution < 1.29 is 5.11 Å². The van der Waals surface area contributed by atoms with Crippen LogP contribution in [0.2, 0.25) is 4.34 Å². The second-order valence-corrected chi connectivity index (χ2v) is 4.27. The van der Waals surface area contributed by atoms with Gasteiger partial charge in [0.2, 0.25) is 0 Å². The molecule has 0 saturated heterocycles. The van der Waals surface area contributed by atoms with Crippen molar-refractivity contribution in [3.05, 3.63) is 34.0 Å². The highest BCUT2D eigenvalue weighted by Gasteiger charge is 2.08. The molecule has 0 amide bonds. The summed E-state index contributed by atoms with van der Waals surface area (Å²) in [4.78, 5) is 0.932. The number of halogens is 1. The summed E-state index contributed by atoms with van der Waals surface area (Å²) in [7, 11) is 0. The van der Waals surface area contributed by atoms with E-state index in [0.29, 0.717) is 0 Å². The molecule has 0 spiro atoms. The van der Waals surface area contributed by atoms with Gasteiger partial charge in [-0.3, -0.25) is 0 Å². The van der Waals surface area contributed by atoms with Crippen LogP contribution in [0.4, 0.5) is 0 Å². The first-order chi connectivity index (χ1) is 5.74. The van der Waals surface area contributed by atoms with Crippen molar-refractivity contribution in [2.75, 3.05) is 0 Å². The fourth-order valence-electron chi connectivity index (χ4n) is 0.925. The SMILES string of the molecule is C=CCCC(O)c1ccc(Cl)s1. The Morgan fingerprint density at radius 2 is 2.42 bits per heavy atom. The van der Waals surface area contributed by atoms with Crippen molar-refractivity contribution in [2.24, 2.45) is 0 Å². The molecule has 0 fully saturated rings. The molecule has 1 unspecified atom stereocenters. The van der Waals surface area contributed by atoms with Crippen LogP contribution >= 0.6 is 22.9 Å². The van der Waals surface area contributed by atoms with Crippen LogP contribution in [0.1, 0.15) is 23.8 Å². The molecule has 1 nitrogen and oxygen atoms in total.